The summed E-state index contributed by atoms with van der Waals surface area (Å²) in [6.07, 6.45) is -1.01. The topological polar surface area (TPSA) is 83.2 Å². The number of likely N-dealkylation sites (tertiary alicyclic amines) is 1. The molecule has 3 N–H and O–H groups in total. The summed E-state index contributed by atoms with van der Waals surface area (Å²) < 4.78 is 59.4. The summed E-state index contributed by atoms with van der Waals surface area (Å²) in [6, 6.07) is 3.75. The number of aliphatic imine (C=N–C) groups is 1. The standard InChI is InChI=1S/C30H39F4N5O2/c1-18(19(2)39-11-7-20-5-6-23(30(32,33)34)15-22(20)16-39)27(37-28(35)21-3-4-21)29(40)38-12-8-24(9-13-38)36-26-10-14-41-17-25(26)31/h5-6,15,21,24-26,36H,2-4,7-14,16-17H2,1H3,(H2,35,37)/b27-18-/t25-,26+/m0/s1. The van der Waals surface area contributed by atoms with Crippen LogP contribution in [0.15, 0.2) is 46.7 Å². The van der Waals surface area contributed by atoms with Crippen LogP contribution in [0, 0.1) is 5.92 Å². The summed E-state index contributed by atoms with van der Waals surface area (Å²) in [5.74, 6) is 0.339. The number of nitrogens with one attached hydrogen (secondary N) is 1. The molecule has 41 heavy (non-hydrogen) atoms. The second kappa shape index (κ2) is 12.1. The van der Waals surface area contributed by atoms with Crippen LogP contribution in [0.2, 0.25) is 0 Å². The van der Waals surface area contributed by atoms with Crippen LogP contribution in [0.4, 0.5) is 17.6 Å². The number of piperidine rings is 1. The number of halogens is 4. The number of amides is 1. The number of ether oxygens (including phenoxy) is 1. The lowest BCUT2D eigenvalue weighted by Gasteiger charge is -2.37. The highest BCUT2D eigenvalue weighted by Gasteiger charge is 2.34. The van der Waals surface area contributed by atoms with Gasteiger partial charge in [-0.25, -0.2) is 9.38 Å². The minimum atomic E-state index is -4.42. The highest BCUT2D eigenvalue weighted by molar-refractivity contribution is 5.98. The highest BCUT2D eigenvalue weighted by Crippen LogP contribution is 2.34. The maximum Gasteiger partial charge on any atom is 0.416 e. The van der Waals surface area contributed by atoms with Crippen molar-refractivity contribution in [3.63, 3.8) is 0 Å². The Labute approximate surface area is 238 Å². The number of rotatable bonds is 7. The monoisotopic (exact) mass is 577 g/mol. The fourth-order valence-electron chi connectivity index (χ4n) is 5.82. The molecule has 0 bridgehead atoms. The molecule has 1 amide bonds. The number of hydrogen-bond donors (Lipinski definition) is 2. The van der Waals surface area contributed by atoms with Gasteiger partial charge in [-0.15, -0.1) is 0 Å². The molecule has 4 aliphatic rings. The van der Waals surface area contributed by atoms with Crippen molar-refractivity contribution in [1.82, 2.24) is 15.1 Å². The molecule has 0 aromatic heterocycles. The number of hydrogen-bond acceptors (Lipinski definition) is 5. The van der Waals surface area contributed by atoms with Crippen LogP contribution in [0.5, 0.6) is 0 Å². The van der Waals surface area contributed by atoms with E-state index >= 15 is 0 Å². The van der Waals surface area contributed by atoms with Gasteiger partial charge in [0, 0.05) is 62.1 Å². The van der Waals surface area contributed by atoms with Crippen LogP contribution in [-0.4, -0.2) is 72.6 Å². The Morgan fingerprint density at radius 3 is 2.49 bits per heavy atom. The average molecular weight is 578 g/mol. The second-order valence-electron chi connectivity index (χ2n) is 11.6. The SMILES string of the molecule is C=C(/C(C)=C(\N=C(N)C1CC1)C(=O)N1CCC(N[C@@H]2CCOC[C@@H]2F)CC1)N1CCc2ccc(C(F)(F)F)cc2C1. The van der Waals surface area contributed by atoms with Crippen LogP contribution in [-0.2, 0) is 28.7 Å². The molecule has 3 aliphatic heterocycles. The molecule has 5 rings (SSSR count). The van der Waals surface area contributed by atoms with Crippen LogP contribution in [0.25, 0.3) is 0 Å². The van der Waals surface area contributed by atoms with Crippen LogP contribution < -0.4 is 11.1 Å². The number of carbonyl (C=O) groups is 1. The lowest BCUT2D eigenvalue weighted by molar-refractivity contribution is -0.137. The van der Waals surface area contributed by atoms with Gasteiger partial charge in [-0.2, -0.15) is 13.2 Å². The third-order valence-electron chi connectivity index (χ3n) is 8.67. The Morgan fingerprint density at radius 2 is 1.83 bits per heavy atom. The van der Waals surface area contributed by atoms with Gasteiger partial charge in [-0.1, -0.05) is 12.6 Å². The van der Waals surface area contributed by atoms with E-state index in [-0.39, 0.29) is 42.8 Å². The van der Waals surface area contributed by atoms with E-state index in [9.17, 15) is 22.4 Å². The summed E-state index contributed by atoms with van der Waals surface area (Å²) in [6.45, 7) is 8.48. The Bertz CT molecular complexity index is 1220. The van der Waals surface area contributed by atoms with E-state index in [4.69, 9.17) is 10.5 Å². The van der Waals surface area contributed by atoms with Gasteiger partial charge in [0.25, 0.3) is 5.91 Å². The third-order valence-corrected chi connectivity index (χ3v) is 8.67. The van der Waals surface area contributed by atoms with E-state index in [1.807, 2.05) is 4.90 Å². The molecule has 2 saturated heterocycles. The fourth-order valence-corrected chi connectivity index (χ4v) is 5.82. The number of allylic oxidation sites excluding steroid dienone is 1. The molecule has 7 nitrogen and oxygen atoms in total. The molecule has 1 aromatic rings. The van der Waals surface area contributed by atoms with Crippen LogP contribution in [0.3, 0.4) is 0 Å². The minimum absolute atomic E-state index is 0.110. The van der Waals surface area contributed by atoms with Crippen molar-refractivity contribution in [2.75, 3.05) is 32.8 Å². The summed E-state index contributed by atoms with van der Waals surface area (Å²) in [7, 11) is 0. The van der Waals surface area contributed by atoms with Crippen molar-refractivity contribution in [3.8, 4) is 0 Å². The quantitative estimate of drug-likeness (QED) is 0.166. The number of amidine groups is 1. The van der Waals surface area contributed by atoms with Crippen molar-refractivity contribution in [1.29, 1.82) is 0 Å². The number of alkyl halides is 4. The van der Waals surface area contributed by atoms with Crippen molar-refractivity contribution in [2.45, 2.75) is 76.4 Å². The van der Waals surface area contributed by atoms with Crippen molar-refractivity contribution in [2.24, 2.45) is 16.6 Å². The molecule has 0 unspecified atom stereocenters. The van der Waals surface area contributed by atoms with Crippen molar-refractivity contribution >= 4 is 11.7 Å². The van der Waals surface area contributed by atoms with E-state index < -0.39 is 17.9 Å². The van der Waals surface area contributed by atoms with Crippen LogP contribution in [0.1, 0.15) is 55.7 Å². The lowest BCUT2D eigenvalue weighted by Crippen LogP contribution is -2.52. The number of benzene rings is 1. The average Bonchev–Trinajstić information content (AvgIpc) is 3.81. The molecular weight excluding hydrogens is 538 g/mol. The molecule has 1 saturated carbocycles. The molecule has 1 aromatic carbocycles. The zero-order valence-electron chi connectivity index (χ0n) is 23.5. The highest BCUT2D eigenvalue weighted by atomic mass is 19.4. The zero-order valence-corrected chi connectivity index (χ0v) is 23.5. The fraction of sp³-hybridized carbons (Fsp3) is 0.600. The second-order valence-corrected chi connectivity index (χ2v) is 11.6. The van der Waals surface area contributed by atoms with Gasteiger partial charge in [0.2, 0.25) is 0 Å². The summed E-state index contributed by atoms with van der Waals surface area (Å²) in [5.41, 5.74) is 8.42. The zero-order chi connectivity index (χ0) is 29.3. The summed E-state index contributed by atoms with van der Waals surface area (Å²) >= 11 is 0. The molecule has 0 spiro atoms. The molecule has 11 heteroatoms. The van der Waals surface area contributed by atoms with Gasteiger partial charge < -0.3 is 25.6 Å². The van der Waals surface area contributed by atoms with Gasteiger partial charge in [0.15, 0.2) is 0 Å². The Kier molecular flexibility index (Phi) is 8.75. The largest absolute Gasteiger partial charge is 0.416 e. The number of carbonyl (C=O) groups excluding carboxylic acids is 1. The molecule has 0 radical (unpaired) electrons. The lowest BCUT2D eigenvalue weighted by atomic mass is 9.96. The maximum absolute atomic E-state index is 14.2. The van der Waals surface area contributed by atoms with Gasteiger partial charge in [0.05, 0.1) is 12.2 Å². The summed E-state index contributed by atoms with van der Waals surface area (Å²) in [4.78, 5) is 22.1. The van der Waals surface area contributed by atoms with Gasteiger partial charge in [-0.3, -0.25) is 4.79 Å². The van der Waals surface area contributed by atoms with E-state index in [0.717, 1.165) is 24.5 Å². The first kappa shape index (κ1) is 29.6. The van der Waals surface area contributed by atoms with Gasteiger partial charge in [-0.05, 0) is 68.7 Å². The smallest absolute Gasteiger partial charge is 0.387 e. The van der Waals surface area contributed by atoms with Crippen molar-refractivity contribution < 1.29 is 27.1 Å². The molecule has 3 heterocycles. The molecule has 224 valence electrons. The Morgan fingerprint density at radius 1 is 1.10 bits per heavy atom. The Balaban J connectivity index is 1.31. The van der Waals surface area contributed by atoms with E-state index in [0.29, 0.717) is 74.6 Å². The van der Waals surface area contributed by atoms with E-state index in [2.05, 4.69) is 16.9 Å². The number of nitrogens with two attached hydrogens (primary N) is 1. The first-order chi connectivity index (χ1) is 19.5. The first-order valence-electron chi connectivity index (χ1n) is 14.5. The predicted molar refractivity (Wildman–Crippen MR) is 149 cm³/mol. The minimum Gasteiger partial charge on any atom is -0.387 e. The maximum atomic E-state index is 14.2. The number of nitrogens with zero attached hydrogens (tertiary/aromatic N) is 3. The van der Waals surface area contributed by atoms with E-state index in [1.165, 1.54) is 6.07 Å². The van der Waals surface area contributed by atoms with Crippen LogP contribution >= 0.6 is 0 Å². The van der Waals surface area contributed by atoms with Gasteiger partial charge >= 0.3 is 6.18 Å². The first-order valence-corrected chi connectivity index (χ1v) is 14.5. The molecule has 2 atom stereocenters. The summed E-state index contributed by atoms with van der Waals surface area (Å²) in [5, 5.41) is 3.41. The van der Waals surface area contributed by atoms with Crippen molar-refractivity contribution in [3.05, 3.63) is 58.4 Å². The Hall–Kier alpha value is -2.92. The molecule has 3 fully saturated rings. The van der Waals surface area contributed by atoms with Gasteiger partial charge in [0.1, 0.15) is 17.7 Å². The number of fused-ring (bicyclic) bond motifs is 1. The predicted octanol–water partition coefficient (Wildman–Crippen LogP) is 4.33. The molecule has 1 aliphatic carbocycles. The normalized spacial score (nSPS) is 25.0. The third kappa shape index (κ3) is 6.94. The van der Waals surface area contributed by atoms with E-state index in [1.54, 1.807) is 17.9 Å². The molecular formula is C30H39F4N5O2.